The van der Waals surface area contributed by atoms with Crippen LogP contribution < -0.4 is 5.73 Å². The minimum Gasteiger partial charge on any atom is -0.338 e. The van der Waals surface area contributed by atoms with E-state index in [-0.39, 0.29) is 12.4 Å². The van der Waals surface area contributed by atoms with Crippen molar-refractivity contribution in [1.29, 1.82) is 0 Å². The highest BCUT2D eigenvalue weighted by molar-refractivity contribution is 5.85. The highest BCUT2D eigenvalue weighted by atomic mass is 35.5. The predicted molar refractivity (Wildman–Crippen MR) is 96.9 cm³/mol. The zero-order valence-corrected chi connectivity index (χ0v) is 15.1. The third-order valence-corrected chi connectivity index (χ3v) is 4.72. The van der Waals surface area contributed by atoms with Crippen molar-refractivity contribution in [2.45, 2.75) is 45.7 Å². The smallest absolute Gasteiger partial charge is 0.240 e. The fourth-order valence-corrected chi connectivity index (χ4v) is 3.20. The molecular weight excluding hydrogens is 324 g/mol. The van der Waals surface area contributed by atoms with Crippen LogP contribution in [0.4, 0.5) is 0 Å². The molecule has 3 rings (SSSR count). The maximum Gasteiger partial charge on any atom is 0.240 e. The average molecular weight is 351 g/mol. The van der Waals surface area contributed by atoms with Crippen molar-refractivity contribution < 1.29 is 4.52 Å². The predicted octanol–water partition coefficient (Wildman–Crippen LogP) is 3.10. The van der Waals surface area contributed by atoms with E-state index < -0.39 is 0 Å². The highest BCUT2D eigenvalue weighted by Crippen LogP contribution is 2.23. The monoisotopic (exact) mass is 350 g/mol. The Labute approximate surface area is 150 Å². The van der Waals surface area contributed by atoms with E-state index in [0.717, 1.165) is 31.4 Å². The lowest BCUT2D eigenvalue weighted by atomic mass is 9.90. The molecule has 1 aliphatic rings. The van der Waals surface area contributed by atoms with Crippen molar-refractivity contribution in [2.75, 3.05) is 13.1 Å². The third kappa shape index (κ3) is 5.30. The molecule has 0 atom stereocenters. The second kappa shape index (κ2) is 9.16. The molecule has 0 saturated carbocycles. The van der Waals surface area contributed by atoms with Crippen molar-refractivity contribution >= 4 is 12.4 Å². The number of aromatic nitrogens is 2. The van der Waals surface area contributed by atoms with Gasteiger partial charge in [-0.2, -0.15) is 4.98 Å². The third-order valence-electron chi connectivity index (χ3n) is 4.72. The van der Waals surface area contributed by atoms with Crippen molar-refractivity contribution in [2.24, 2.45) is 11.7 Å². The molecule has 132 valence electrons. The number of benzene rings is 1. The van der Waals surface area contributed by atoms with E-state index in [1.807, 2.05) is 0 Å². The molecule has 1 saturated heterocycles. The lowest BCUT2D eigenvalue weighted by Gasteiger charge is -2.31. The van der Waals surface area contributed by atoms with Crippen LogP contribution in [0, 0.1) is 12.8 Å². The second-order valence-electron chi connectivity index (χ2n) is 6.55. The summed E-state index contributed by atoms with van der Waals surface area (Å²) < 4.78 is 5.06. The van der Waals surface area contributed by atoms with Crippen LogP contribution in [0.15, 0.2) is 28.8 Å². The van der Waals surface area contributed by atoms with Crippen LogP contribution in [-0.4, -0.2) is 28.1 Å². The summed E-state index contributed by atoms with van der Waals surface area (Å²) in [5.74, 6) is 2.11. The maximum absolute atomic E-state index is 5.49. The maximum atomic E-state index is 5.49. The Morgan fingerprint density at radius 2 is 1.92 bits per heavy atom. The lowest BCUT2D eigenvalue weighted by molar-refractivity contribution is 0.167. The van der Waals surface area contributed by atoms with E-state index in [1.165, 1.54) is 36.8 Å². The summed E-state index contributed by atoms with van der Waals surface area (Å²) >= 11 is 0. The quantitative estimate of drug-likeness (QED) is 0.867. The van der Waals surface area contributed by atoms with Gasteiger partial charge in [-0.3, -0.25) is 4.90 Å². The zero-order valence-electron chi connectivity index (χ0n) is 14.3. The topological polar surface area (TPSA) is 68.2 Å². The van der Waals surface area contributed by atoms with E-state index in [9.17, 15) is 0 Å². The Balaban J connectivity index is 0.00000208. The number of likely N-dealkylation sites (tertiary alicyclic amines) is 1. The Morgan fingerprint density at radius 3 is 2.54 bits per heavy atom. The molecule has 24 heavy (non-hydrogen) atoms. The van der Waals surface area contributed by atoms with Gasteiger partial charge in [0.1, 0.15) is 0 Å². The minimum absolute atomic E-state index is 0. The minimum atomic E-state index is 0. The fourth-order valence-electron chi connectivity index (χ4n) is 3.20. The average Bonchev–Trinajstić information content (AvgIpc) is 3.03. The number of aryl methyl sites for hydroxylation is 2. The van der Waals surface area contributed by atoms with Crippen LogP contribution in [0.2, 0.25) is 0 Å². The molecule has 0 radical (unpaired) electrons. The molecule has 0 amide bonds. The number of nitrogens with two attached hydrogens (primary N) is 1. The number of nitrogens with zero attached hydrogens (tertiary/aromatic N) is 3. The van der Waals surface area contributed by atoms with Gasteiger partial charge in [0, 0.05) is 0 Å². The van der Waals surface area contributed by atoms with E-state index >= 15 is 0 Å². The van der Waals surface area contributed by atoms with Gasteiger partial charge in [-0.05, 0) is 57.2 Å². The first kappa shape index (κ1) is 18.9. The largest absolute Gasteiger partial charge is 0.338 e. The summed E-state index contributed by atoms with van der Waals surface area (Å²) in [5.41, 5.74) is 8.29. The second-order valence-corrected chi connectivity index (χ2v) is 6.55. The van der Waals surface area contributed by atoms with Crippen LogP contribution >= 0.6 is 12.4 Å². The number of hydrogen-bond donors (Lipinski definition) is 1. The molecule has 0 bridgehead atoms. The number of hydrogen-bond acceptors (Lipinski definition) is 5. The molecule has 0 unspecified atom stereocenters. The van der Waals surface area contributed by atoms with Crippen LogP contribution in [0.1, 0.15) is 42.1 Å². The van der Waals surface area contributed by atoms with E-state index in [0.29, 0.717) is 12.4 Å². The van der Waals surface area contributed by atoms with Gasteiger partial charge in [-0.1, -0.05) is 35.0 Å². The highest BCUT2D eigenvalue weighted by Gasteiger charge is 2.20. The van der Waals surface area contributed by atoms with Crippen LogP contribution in [-0.2, 0) is 19.5 Å². The first-order valence-electron chi connectivity index (χ1n) is 8.52. The van der Waals surface area contributed by atoms with Gasteiger partial charge in [-0.25, -0.2) is 0 Å². The number of halogens is 1. The lowest BCUT2D eigenvalue weighted by Crippen LogP contribution is -2.33. The number of piperidine rings is 1. The molecule has 1 aromatic carbocycles. The molecule has 6 heteroatoms. The normalized spacial score (nSPS) is 16.1. The van der Waals surface area contributed by atoms with Crippen LogP contribution in [0.5, 0.6) is 0 Å². The molecule has 2 heterocycles. The Hall–Kier alpha value is -1.43. The fraction of sp³-hybridized carbons (Fsp3) is 0.556. The Bertz CT molecular complexity index is 606. The van der Waals surface area contributed by atoms with Gasteiger partial charge in [0.2, 0.25) is 5.89 Å². The van der Waals surface area contributed by atoms with Crippen molar-refractivity contribution in [3.63, 3.8) is 0 Å². The van der Waals surface area contributed by atoms with E-state index in [2.05, 4.69) is 46.2 Å². The van der Waals surface area contributed by atoms with E-state index in [4.69, 9.17) is 10.3 Å². The van der Waals surface area contributed by atoms with Gasteiger partial charge in [0.15, 0.2) is 5.82 Å². The van der Waals surface area contributed by atoms with Gasteiger partial charge in [-0.15, -0.1) is 12.4 Å². The Morgan fingerprint density at radius 1 is 1.21 bits per heavy atom. The SMILES string of the molecule is Cc1ccc(CCC2CCN(Cc3noc(CN)n3)CC2)cc1.Cl. The molecule has 1 aromatic heterocycles. The first-order chi connectivity index (χ1) is 11.2. The zero-order chi connectivity index (χ0) is 16.1. The molecule has 1 aliphatic heterocycles. The summed E-state index contributed by atoms with van der Waals surface area (Å²) in [6, 6.07) is 8.93. The Kier molecular flexibility index (Phi) is 7.21. The first-order valence-corrected chi connectivity index (χ1v) is 8.52. The summed E-state index contributed by atoms with van der Waals surface area (Å²) in [7, 11) is 0. The molecule has 2 N–H and O–H groups in total. The van der Waals surface area contributed by atoms with Crippen molar-refractivity contribution in [3.05, 3.63) is 47.1 Å². The summed E-state index contributed by atoms with van der Waals surface area (Å²) in [6.45, 7) is 5.46. The van der Waals surface area contributed by atoms with Crippen LogP contribution in [0.3, 0.4) is 0 Å². The van der Waals surface area contributed by atoms with Gasteiger partial charge in [0.05, 0.1) is 13.1 Å². The summed E-state index contributed by atoms with van der Waals surface area (Å²) in [6.07, 6.45) is 4.99. The molecule has 1 fully saturated rings. The number of rotatable bonds is 6. The summed E-state index contributed by atoms with van der Waals surface area (Å²) in [5, 5.41) is 3.98. The summed E-state index contributed by atoms with van der Waals surface area (Å²) in [4.78, 5) is 6.69. The van der Waals surface area contributed by atoms with Gasteiger partial charge >= 0.3 is 0 Å². The molecule has 0 aliphatic carbocycles. The molecule has 0 spiro atoms. The van der Waals surface area contributed by atoms with E-state index in [1.54, 1.807) is 0 Å². The molecule has 2 aromatic rings. The standard InChI is InChI=1S/C18H26N4O.ClH/c1-14-2-4-15(5-3-14)6-7-16-8-10-22(11-9-16)13-17-20-18(12-19)23-21-17;/h2-5,16H,6-13,19H2,1H3;1H. The molecular formula is C18H27ClN4O. The van der Waals surface area contributed by atoms with Crippen molar-refractivity contribution in [3.8, 4) is 0 Å². The van der Waals surface area contributed by atoms with Crippen molar-refractivity contribution in [1.82, 2.24) is 15.0 Å². The van der Waals surface area contributed by atoms with Gasteiger partial charge in [0.25, 0.3) is 0 Å². The van der Waals surface area contributed by atoms with Crippen LogP contribution in [0.25, 0.3) is 0 Å². The molecule has 5 nitrogen and oxygen atoms in total. The van der Waals surface area contributed by atoms with Gasteiger partial charge < -0.3 is 10.3 Å².